The van der Waals surface area contributed by atoms with Gasteiger partial charge in [0.05, 0.1) is 11.4 Å². The van der Waals surface area contributed by atoms with Crippen LogP contribution in [-0.4, -0.2) is 9.92 Å². The van der Waals surface area contributed by atoms with Crippen LogP contribution in [0.1, 0.15) is 25.0 Å². The van der Waals surface area contributed by atoms with E-state index in [-0.39, 0.29) is 11.5 Å². The van der Waals surface area contributed by atoms with Crippen molar-refractivity contribution in [3.63, 3.8) is 0 Å². The van der Waals surface area contributed by atoms with Crippen molar-refractivity contribution in [2.24, 2.45) is 9.52 Å². The molecule has 0 N–H and O–H groups in total. The molecule has 16 heavy (non-hydrogen) atoms. The van der Waals surface area contributed by atoms with E-state index in [1.807, 2.05) is 32.9 Å². The molecule has 0 amide bonds. The number of rotatable bonds is 4. The van der Waals surface area contributed by atoms with Gasteiger partial charge in [-0.2, -0.15) is 8.57 Å². The average molecular weight is 238 g/mol. The first-order valence-electron chi connectivity index (χ1n) is 4.87. The summed E-state index contributed by atoms with van der Waals surface area (Å²) in [4.78, 5) is 5.17. The lowest BCUT2D eigenvalue weighted by Crippen LogP contribution is -1.93. The Morgan fingerprint density at radius 1 is 1.44 bits per heavy atom. The Balaban J connectivity index is 2.92. The number of aryl methyl sites for hydroxylation is 1. The molecular formula is C11H14N2O2S. The molecule has 0 atom stereocenters. The highest BCUT2D eigenvalue weighted by molar-refractivity contribution is 7.54. The van der Waals surface area contributed by atoms with E-state index in [9.17, 15) is 4.21 Å². The molecule has 0 unspecified atom stereocenters. The lowest BCUT2D eigenvalue weighted by atomic mass is 10.1. The molecule has 0 aromatic heterocycles. The lowest BCUT2D eigenvalue weighted by Gasteiger charge is -2.06. The Labute approximate surface area is 98.6 Å². The molecule has 1 aromatic rings. The monoisotopic (exact) mass is 238 g/mol. The standard InChI is InChI=1S/C11H14N2O2S/c1-8(2)12-15-7-10-9(3)5-4-6-11(10)13-16-14/h4-6H,7H2,1-3H3. The molecule has 0 fully saturated rings. The van der Waals surface area contributed by atoms with Gasteiger partial charge < -0.3 is 4.84 Å². The summed E-state index contributed by atoms with van der Waals surface area (Å²) >= 11 is 0.201. The van der Waals surface area contributed by atoms with Crippen LogP contribution in [0.25, 0.3) is 0 Å². The molecule has 1 rings (SSSR count). The average Bonchev–Trinajstić information content (AvgIpc) is 2.22. The summed E-state index contributed by atoms with van der Waals surface area (Å²) in [7, 11) is 0. The van der Waals surface area contributed by atoms with Gasteiger partial charge in [-0.3, -0.25) is 0 Å². The molecule has 0 saturated heterocycles. The van der Waals surface area contributed by atoms with E-state index in [0.717, 1.165) is 16.8 Å². The second-order valence-electron chi connectivity index (χ2n) is 3.55. The zero-order chi connectivity index (χ0) is 12.0. The van der Waals surface area contributed by atoms with Crippen molar-refractivity contribution in [3.8, 4) is 0 Å². The molecule has 0 spiro atoms. The van der Waals surface area contributed by atoms with Crippen LogP contribution in [0, 0.1) is 6.92 Å². The van der Waals surface area contributed by atoms with Crippen LogP contribution >= 0.6 is 0 Å². The molecule has 0 saturated carbocycles. The number of oxime groups is 1. The minimum Gasteiger partial charge on any atom is -0.391 e. The highest BCUT2D eigenvalue weighted by Crippen LogP contribution is 2.23. The second kappa shape index (κ2) is 6.17. The van der Waals surface area contributed by atoms with E-state index in [0.29, 0.717) is 12.3 Å². The van der Waals surface area contributed by atoms with Gasteiger partial charge in [-0.1, -0.05) is 17.3 Å². The van der Waals surface area contributed by atoms with Gasteiger partial charge in [0, 0.05) is 5.56 Å². The molecule has 0 aliphatic rings. The fraction of sp³-hybridized carbons (Fsp3) is 0.364. The first kappa shape index (κ1) is 12.6. The Morgan fingerprint density at radius 3 is 2.81 bits per heavy atom. The fourth-order valence-electron chi connectivity index (χ4n) is 1.23. The quantitative estimate of drug-likeness (QED) is 0.598. The minimum atomic E-state index is 0.201. The van der Waals surface area contributed by atoms with E-state index in [2.05, 4.69) is 9.52 Å². The predicted octanol–water partition coefficient (Wildman–Crippen LogP) is 2.94. The van der Waals surface area contributed by atoms with Gasteiger partial charge in [0.25, 0.3) is 0 Å². The van der Waals surface area contributed by atoms with Crippen molar-refractivity contribution in [1.29, 1.82) is 0 Å². The Bertz CT molecular complexity index is 447. The van der Waals surface area contributed by atoms with Crippen molar-refractivity contribution in [2.45, 2.75) is 27.4 Å². The predicted molar refractivity (Wildman–Crippen MR) is 65.0 cm³/mol. The van der Waals surface area contributed by atoms with Crippen LogP contribution in [0.3, 0.4) is 0 Å². The largest absolute Gasteiger partial charge is 0.391 e. The minimum absolute atomic E-state index is 0.201. The van der Waals surface area contributed by atoms with E-state index < -0.39 is 0 Å². The van der Waals surface area contributed by atoms with Crippen LogP contribution in [0.15, 0.2) is 27.7 Å². The second-order valence-corrected chi connectivity index (χ2v) is 3.88. The summed E-state index contributed by atoms with van der Waals surface area (Å²) in [5, 5.41) is 3.85. The maximum Gasteiger partial charge on any atom is 0.205 e. The summed E-state index contributed by atoms with van der Waals surface area (Å²) in [5.74, 6) is 0. The van der Waals surface area contributed by atoms with Gasteiger partial charge in [-0.15, -0.1) is 0 Å². The van der Waals surface area contributed by atoms with Crippen LogP contribution in [-0.2, 0) is 22.9 Å². The lowest BCUT2D eigenvalue weighted by molar-refractivity contribution is 0.130. The zero-order valence-electron chi connectivity index (χ0n) is 9.56. The highest BCUT2D eigenvalue weighted by atomic mass is 32.1. The summed E-state index contributed by atoms with van der Waals surface area (Å²) in [6.07, 6.45) is 0. The maximum atomic E-state index is 10.4. The Morgan fingerprint density at radius 2 is 2.19 bits per heavy atom. The zero-order valence-corrected chi connectivity index (χ0v) is 10.4. The van der Waals surface area contributed by atoms with Crippen molar-refractivity contribution in [2.75, 3.05) is 0 Å². The third-order valence-electron chi connectivity index (χ3n) is 1.98. The number of hydrogen-bond donors (Lipinski definition) is 0. The summed E-state index contributed by atoms with van der Waals surface area (Å²) in [6, 6.07) is 5.61. The third-order valence-corrected chi connectivity index (χ3v) is 2.25. The van der Waals surface area contributed by atoms with E-state index in [1.54, 1.807) is 6.07 Å². The van der Waals surface area contributed by atoms with Crippen LogP contribution in [0.4, 0.5) is 5.69 Å². The SMILES string of the molecule is CC(C)=NOCc1c(C)cccc1N=S=O. The fourth-order valence-corrected chi connectivity index (χ4v) is 1.48. The van der Waals surface area contributed by atoms with Crippen molar-refractivity contribution in [3.05, 3.63) is 29.3 Å². The third kappa shape index (κ3) is 3.58. The van der Waals surface area contributed by atoms with Gasteiger partial charge in [0.15, 0.2) is 0 Å². The smallest absolute Gasteiger partial charge is 0.205 e. The molecular weight excluding hydrogens is 224 g/mol. The molecule has 86 valence electrons. The number of benzene rings is 1. The Hall–Kier alpha value is -1.49. The van der Waals surface area contributed by atoms with Gasteiger partial charge in [0.2, 0.25) is 11.5 Å². The highest BCUT2D eigenvalue weighted by Gasteiger charge is 2.05. The molecule has 0 aliphatic heterocycles. The van der Waals surface area contributed by atoms with E-state index in [1.165, 1.54) is 0 Å². The maximum absolute atomic E-state index is 10.4. The van der Waals surface area contributed by atoms with Crippen molar-refractivity contribution in [1.82, 2.24) is 0 Å². The first-order valence-corrected chi connectivity index (χ1v) is 5.56. The molecule has 0 radical (unpaired) electrons. The topological polar surface area (TPSA) is 51.0 Å². The molecule has 4 nitrogen and oxygen atoms in total. The van der Waals surface area contributed by atoms with Crippen LogP contribution in [0.5, 0.6) is 0 Å². The summed E-state index contributed by atoms with van der Waals surface area (Å²) < 4.78 is 14.2. The number of nitrogens with zero attached hydrogens (tertiary/aromatic N) is 2. The van der Waals surface area contributed by atoms with Crippen molar-refractivity contribution < 1.29 is 9.05 Å². The number of hydrogen-bond acceptors (Lipinski definition) is 4. The van der Waals surface area contributed by atoms with Gasteiger partial charge in [0.1, 0.15) is 6.61 Å². The van der Waals surface area contributed by atoms with Crippen LogP contribution < -0.4 is 0 Å². The molecule has 0 aliphatic carbocycles. The molecule has 0 heterocycles. The van der Waals surface area contributed by atoms with Crippen molar-refractivity contribution >= 4 is 22.9 Å². The first-order chi connectivity index (χ1) is 7.65. The van der Waals surface area contributed by atoms with Gasteiger partial charge in [-0.25, -0.2) is 0 Å². The molecule has 1 aromatic carbocycles. The van der Waals surface area contributed by atoms with E-state index in [4.69, 9.17) is 4.84 Å². The normalized spacial score (nSPS) is 9.44. The summed E-state index contributed by atoms with van der Waals surface area (Å²) in [5.41, 5.74) is 3.45. The van der Waals surface area contributed by atoms with Crippen LogP contribution in [0.2, 0.25) is 0 Å². The molecule has 0 bridgehead atoms. The van der Waals surface area contributed by atoms with E-state index >= 15 is 0 Å². The summed E-state index contributed by atoms with van der Waals surface area (Å²) in [6.45, 7) is 6.00. The van der Waals surface area contributed by atoms with Gasteiger partial charge >= 0.3 is 0 Å². The molecule has 5 heteroatoms. The Kier molecular flexibility index (Phi) is 4.85. The van der Waals surface area contributed by atoms with Gasteiger partial charge in [-0.05, 0) is 32.4 Å².